The molecular formula is C25H28N2O3. The standard InChI is InChI=1S/C25H28N2O3/c1-19(22-9-7-20(8-10-22)15-26-16-23(28)17-26)14-27-12-11-24(13-25(27)29)30-18-21-5-3-2-4-6-21/h2-13,19,23,28H,14-18H2,1H3. The SMILES string of the molecule is CC(Cn1ccc(OCc2ccccc2)cc1=O)c1ccc(CN2CC(O)C2)cc1. The van der Waals surface area contributed by atoms with E-state index in [1.165, 1.54) is 11.1 Å². The van der Waals surface area contributed by atoms with Crippen molar-refractivity contribution in [2.75, 3.05) is 13.1 Å². The molecule has 1 atom stereocenters. The summed E-state index contributed by atoms with van der Waals surface area (Å²) < 4.78 is 7.48. The highest BCUT2D eigenvalue weighted by atomic mass is 16.5. The lowest BCUT2D eigenvalue weighted by molar-refractivity contribution is -0.00286. The van der Waals surface area contributed by atoms with Gasteiger partial charge in [0.1, 0.15) is 12.4 Å². The van der Waals surface area contributed by atoms with Crippen molar-refractivity contribution in [1.29, 1.82) is 0 Å². The molecule has 1 N–H and O–H groups in total. The normalized spacial score (nSPS) is 15.5. The topological polar surface area (TPSA) is 54.7 Å². The van der Waals surface area contributed by atoms with E-state index in [1.54, 1.807) is 10.6 Å². The molecule has 1 saturated heterocycles. The molecule has 0 bridgehead atoms. The molecule has 5 heteroatoms. The van der Waals surface area contributed by atoms with E-state index in [2.05, 4.69) is 36.1 Å². The molecule has 1 fully saturated rings. The molecule has 0 spiro atoms. The fourth-order valence-corrected chi connectivity index (χ4v) is 3.75. The van der Waals surface area contributed by atoms with E-state index in [0.717, 1.165) is 25.2 Å². The van der Waals surface area contributed by atoms with Gasteiger partial charge in [-0.3, -0.25) is 9.69 Å². The number of aliphatic hydroxyl groups excluding tert-OH is 1. The number of pyridine rings is 1. The van der Waals surface area contributed by atoms with E-state index in [0.29, 0.717) is 18.9 Å². The van der Waals surface area contributed by atoms with Crippen LogP contribution in [0.2, 0.25) is 0 Å². The third-order valence-corrected chi connectivity index (χ3v) is 5.58. The van der Waals surface area contributed by atoms with E-state index >= 15 is 0 Å². The van der Waals surface area contributed by atoms with Gasteiger partial charge in [0.15, 0.2) is 0 Å². The Labute approximate surface area is 177 Å². The Morgan fingerprint density at radius 3 is 2.43 bits per heavy atom. The third-order valence-electron chi connectivity index (χ3n) is 5.58. The van der Waals surface area contributed by atoms with Gasteiger partial charge in [0.25, 0.3) is 5.56 Å². The van der Waals surface area contributed by atoms with Crippen LogP contribution in [-0.4, -0.2) is 33.8 Å². The number of hydrogen-bond donors (Lipinski definition) is 1. The van der Waals surface area contributed by atoms with E-state index in [-0.39, 0.29) is 17.6 Å². The summed E-state index contributed by atoms with van der Waals surface area (Å²) in [5.74, 6) is 0.812. The Morgan fingerprint density at radius 2 is 1.77 bits per heavy atom. The van der Waals surface area contributed by atoms with Crippen LogP contribution in [0.5, 0.6) is 5.75 Å². The number of benzene rings is 2. The predicted octanol–water partition coefficient (Wildman–Crippen LogP) is 3.41. The summed E-state index contributed by atoms with van der Waals surface area (Å²) in [5.41, 5.74) is 3.47. The first-order valence-electron chi connectivity index (χ1n) is 10.4. The van der Waals surface area contributed by atoms with E-state index in [9.17, 15) is 9.90 Å². The average Bonchev–Trinajstić information content (AvgIpc) is 2.74. The van der Waals surface area contributed by atoms with Crippen LogP contribution in [0.25, 0.3) is 0 Å². The first kappa shape index (κ1) is 20.4. The number of nitrogens with zero attached hydrogens (tertiary/aromatic N) is 2. The monoisotopic (exact) mass is 404 g/mol. The van der Waals surface area contributed by atoms with Gasteiger partial charge in [0.05, 0.1) is 6.10 Å². The third kappa shape index (κ3) is 5.17. The van der Waals surface area contributed by atoms with Crippen molar-refractivity contribution in [3.63, 3.8) is 0 Å². The van der Waals surface area contributed by atoms with Gasteiger partial charge in [-0.1, -0.05) is 61.5 Å². The molecule has 1 aliphatic rings. The van der Waals surface area contributed by atoms with Crippen LogP contribution >= 0.6 is 0 Å². The fraction of sp³-hybridized carbons (Fsp3) is 0.320. The Balaban J connectivity index is 1.33. The Kier molecular flexibility index (Phi) is 6.31. The smallest absolute Gasteiger partial charge is 0.254 e. The average molecular weight is 405 g/mol. The molecule has 1 aromatic heterocycles. The van der Waals surface area contributed by atoms with Gasteiger partial charge in [-0.2, -0.15) is 0 Å². The predicted molar refractivity (Wildman–Crippen MR) is 118 cm³/mol. The molecule has 156 valence electrons. The van der Waals surface area contributed by atoms with Gasteiger partial charge < -0.3 is 14.4 Å². The largest absolute Gasteiger partial charge is 0.489 e. The van der Waals surface area contributed by atoms with Gasteiger partial charge in [0, 0.05) is 38.4 Å². The molecular weight excluding hydrogens is 376 g/mol. The number of rotatable bonds is 8. The van der Waals surface area contributed by atoms with Gasteiger partial charge in [-0.05, 0) is 28.7 Å². The molecule has 1 aliphatic heterocycles. The molecule has 0 saturated carbocycles. The van der Waals surface area contributed by atoms with Gasteiger partial charge in [-0.15, -0.1) is 0 Å². The maximum Gasteiger partial charge on any atom is 0.254 e. The van der Waals surface area contributed by atoms with Crippen molar-refractivity contribution >= 4 is 0 Å². The molecule has 1 unspecified atom stereocenters. The van der Waals surface area contributed by atoms with Crippen molar-refractivity contribution < 1.29 is 9.84 Å². The van der Waals surface area contributed by atoms with Gasteiger partial charge >= 0.3 is 0 Å². The van der Waals surface area contributed by atoms with Crippen LogP contribution in [-0.2, 0) is 19.7 Å². The Hall–Kier alpha value is -2.89. The first-order valence-corrected chi connectivity index (χ1v) is 10.4. The van der Waals surface area contributed by atoms with Crippen LogP contribution in [0.1, 0.15) is 29.5 Å². The summed E-state index contributed by atoms with van der Waals surface area (Å²) in [4.78, 5) is 14.7. The summed E-state index contributed by atoms with van der Waals surface area (Å²) in [6, 6.07) is 21.9. The lowest BCUT2D eigenvalue weighted by atomic mass is 9.99. The highest BCUT2D eigenvalue weighted by Crippen LogP contribution is 2.20. The van der Waals surface area contributed by atoms with Gasteiger partial charge in [0.2, 0.25) is 0 Å². The van der Waals surface area contributed by atoms with Crippen LogP contribution in [0.4, 0.5) is 0 Å². The molecule has 3 aromatic rings. The molecule has 30 heavy (non-hydrogen) atoms. The maximum absolute atomic E-state index is 12.5. The Bertz CT molecular complexity index is 1010. The highest BCUT2D eigenvalue weighted by molar-refractivity contribution is 5.26. The minimum atomic E-state index is -0.169. The van der Waals surface area contributed by atoms with E-state index in [1.807, 2.05) is 42.6 Å². The second-order valence-electron chi connectivity index (χ2n) is 8.12. The molecule has 0 amide bonds. The second kappa shape index (κ2) is 9.28. The zero-order chi connectivity index (χ0) is 20.9. The molecule has 5 nitrogen and oxygen atoms in total. The highest BCUT2D eigenvalue weighted by Gasteiger charge is 2.23. The van der Waals surface area contributed by atoms with E-state index in [4.69, 9.17) is 4.74 Å². The van der Waals surface area contributed by atoms with Crippen LogP contribution < -0.4 is 10.3 Å². The zero-order valence-corrected chi connectivity index (χ0v) is 17.3. The molecule has 0 radical (unpaired) electrons. The lowest BCUT2D eigenvalue weighted by Gasteiger charge is -2.35. The van der Waals surface area contributed by atoms with Crippen LogP contribution in [0.3, 0.4) is 0 Å². The van der Waals surface area contributed by atoms with Crippen molar-refractivity contribution in [3.05, 3.63) is 100.0 Å². The van der Waals surface area contributed by atoms with Crippen molar-refractivity contribution in [2.45, 2.75) is 38.6 Å². The number of β-amino-alcohol motifs (C(OH)–C–C–N with tert-alkyl or cyclic N) is 1. The van der Waals surface area contributed by atoms with E-state index < -0.39 is 0 Å². The molecule has 2 heterocycles. The molecule has 2 aromatic carbocycles. The van der Waals surface area contributed by atoms with Crippen LogP contribution in [0.15, 0.2) is 77.7 Å². The minimum absolute atomic E-state index is 0.0552. The summed E-state index contributed by atoms with van der Waals surface area (Å²) in [5, 5.41) is 9.40. The number of hydrogen-bond acceptors (Lipinski definition) is 4. The molecule has 0 aliphatic carbocycles. The Morgan fingerprint density at radius 1 is 1.03 bits per heavy atom. The first-order chi connectivity index (χ1) is 14.6. The minimum Gasteiger partial charge on any atom is -0.489 e. The summed E-state index contributed by atoms with van der Waals surface area (Å²) in [6.07, 6.45) is 1.64. The van der Waals surface area contributed by atoms with Crippen LogP contribution in [0, 0.1) is 0 Å². The zero-order valence-electron chi connectivity index (χ0n) is 17.3. The fourth-order valence-electron chi connectivity index (χ4n) is 3.75. The number of likely N-dealkylation sites (tertiary alicyclic amines) is 1. The number of aliphatic hydroxyl groups is 1. The van der Waals surface area contributed by atoms with Crippen molar-refractivity contribution in [1.82, 2.24) is 9.47 Å². The molecule has 4 rings (SSSR count). The lowest BCUT2D eigenvalue weighted by Crippen LogP contribution is -2.49. The number of ether oxygens (including phenoxy) is 1. The summed E-state index contributed by atoms with van der Waals surface area (Å²) >= 11 is 0. The van der Waals surface area contributed by atoms with Crippen molar-refractivity contribution in [2.24, 2.45) is 0 Å². The summed E-state index contributed by atoms with van der Waals surface area (Å²) in [6.45, 7) is 5.58. The van der Waals surface area contributed by atoms with Gasteiger partial charge in [-0.25, -0.2) is 0 Å². The van der Waals surface area contributed by atoms with Crippen molar-refractivity contribution in [3.8, 4) is 5.75 Å². The maximum atomic E-state index is 12.5. The second-order valence-corrected chi connectivity index (χ2v) is 8.12. The number of aromatic nitrogens is 1. The quantitative estimate of drug-likeness (QED) is 0.625. The summed E-state index contributed by atoms with van der Waals surface area (Å²) in [7, 11) is 0.